The second-order valence-electron chi connectivity index (χ2n) is 4.36. The van der Waals surface area contributed by atoms with Gasteiger partial charge in [-0.15, -0.1) is 0 Å². The van der Waals surface area contributed by atoms with Gasteiger partial charge in [-0.1, -0.05) is 0 Å². The van der Waals surface area contributed by atoms with Crippen molar-refractivity contribution in [2.45, 2.75) is 6.92 Å². The molecule has 1 amide bonds. The van der Waals surface area contributed by atoms with Crippen molar-refractivity contribution in [3.63, 3.8) is 0 Å². The number of benzene rings is 1. The van der Waals surface area contributed by atoms with Crippen LogP contribution in [0.2, 0.25) is 0 Å². The molecule has 2 rings (SSSR count). The van der Waals surface area contributed by atoms with Crippen molar-refractivity contribution in [1.29, 1.82) is 0 Å². The summed E-state index contributed by atoms with van der Waals surface area (Å²) in [5.74, 6) is -0.880. The van der Waals surface area contributed by atoms with Crippen molar-refractivity contribution >= 4 is 35.8 Å². The fourth-order valence-electron chi connectivity index (χ4n) is 1.54. The smallest absolute Gasteiger partial charge is 0.258 e. The number of nitro groups is 1. The van der Waals surface area contributed by atoms with Gasteiger partial charge < -0.3 is 0 Å². The van der Waals surface area contributed by atoms with Crippen LogP contribution in [0.15, 0.2) is 42.7 Å². The van der Waals surface area contributed by atoms with Crippen molar-refractivity contribution < 1.29 is 26.8 Å². The van der Waals surface area contributed by atoms with Crippen LogP contribution in [0.5, 0.6) is 5.75 Å². The van der Waals surface area contributed by atoms with Gasteiger partial charge in [-0.05, 0) is 6.07 Å². The van der Waals surface area contributed by atoms with Gasteiger partial charge in [0.2, 0.25) is 0 Å². The molecule has 1 heterocycles. The predicted octanol–water partition coefficient (Wildman–Crippen LogP) is -0.0986. The Morgan fingerprint density at radius 1 is 1.29 bits per heavy atom. The standard InChI is InChI=1S/C8H10AsNO5.C5H4N2O2/c1-5(11)10-8-6(9(13,14)15)3-2-4-7(8)12;8-7(9)5-2-1-3-6-4-5/h2-4,12H,1H3,(H,10,11)(H2,13,14,15);1-4H. The molecule has 2 aromatic rings. The summed E-state index contributed by atoms with van der Waals surface area (Å²) in [5, 5.41) is 21.5. The molecule has 11 heteroatoms. The summed E-state index contributed by atoms with van der Waals surface area (Å²) in [6.45, 7) is 1.18. The summed E-state index contributed by atoms with van der Waals surface area (Å²) in [7, 11) is 0. The van der Waals surface area contributed by atoms with E-state index in [1.165, 1.54) is 49.6 Å². The molecule has 24 heavy (non-hydrogen) atoms. The third-order valence-corrected chi connectivity index (χ3v) is 4.59. The fourth-order valence-corrected chi connectivity index (χ4v) is 3.09. The Balaban J connectivity index is 0.000000272. The van der Waals surface area contributed by atoms with Crippen molar-refractivity contribution in [3.05, 3.63) is 52.8 Å². The van der Waals surface area contributed by atoms with Crippen LogP contribution in [0.4, 0.5) is 11.4 Å². The molecular weight excluding hydrogens is 385 g/mol. The number of carbonyl (C=O) groups is 1. The largest absolute Gasteiger partial charge is 0.287 e. The number of hydrogen-bond donors (Lipinski definition) is 4. The number of pyridine rings is 1. The van der Waals surface area contributed by atoms with Gasteiger partial charge in [0.15, 0.2) is 0 Å². The molecule has 0 aliphatic carbocycles. The van der Waals surface area contributed by atoms with Gasteiger partial charge in [0, 0.05) is 12.3 Å². The molecule has 10 nitrogen and oxygen atoms in total. The summed E-state index contributed by atoms with van der Waals surface area (Å²) in [5.41, 5.74) is -0.199. The first-order valence-corrected chi connectivity index (χ1v) is 9.71. The van der Waals surface area contributed by atoms with E-state index in [0.29, 0.717) is 0 Å². The maximum Gasteiger partial charge on any atom is 0.287 e. The van der Waals surface area contributed by atoms with E-state index in [9.17, 15) is 23.8 Å². The number of phenolic OH excluding ortho intramolecular Hbond substituents is 1. The van der Waals surface area contributed by atoms with Crippen LogP contribution in [-0.2, 0) is 8.53 Å². The van der Waals surface area contributed by atoms with Gasteiger partial charge in [0.05, 0.1) is 4.92 Å². The Morgan fingerprint density at radius 2 is 1.96 bits per heavy atom. The predicted molar refractivity (Wildman–Crippen MR) is 83.8 cm³/mol. The van der Waals surface area contributed by atoms with Crippen LogP contribution in [-0.4, -0.2) is 43.3 Å². The summed E-state index contributed by atoms with van der Waals surface area (Å²) in [4.78, 5) is 23.8. The van der Waals surface area contributed by atoms with Crippen LogP contribution in [0, 0.1) is 10.1 Å². The Bertz CT molecular complexity index is 776. The van der Waals surface area contributed by atoms with Gasteiger partial charge in [0.1, 0.15) is 6.20 Å². The second kappa shape index (κ2) is 8.25. The zero-order valence-electron chi connectivity index (χ0n) is 12.4. The quantitative estimate of drug-likeness (QED) is 0.241. The average molecular weight is 399 g/mol. The molecule has 1 aromatic heterocycles. The number of nitrogens with zero attached hydrogens (tertiary/aromatic N) is 2. The fraction of sp³-hybridized carbons (Fsp3) is 0.0769. The molecule has 0 unspecified atom stereocenters. The zero-order valence-corrected chi connectivity index (χ0v) is 14.2. The normalized spacial score (nSPS) is 10.3. The first-order chi connectivity index (χ1) is 11.1. The SMILES string of the molecule is CC(=O)Nc1c(O)cccc1[As](=O)(O)O.O=[N+]([O-])c1cccnc1. The number of carbonyl (C=O) groups excluding carboxylic acids is 1. The Hall–Kier alpha value is -2.68. The molecule has 0 saturated carbocycles. The van der Waals surface area contributed by atoms with Crippen LogP contribution in [0.3, 0.4) is 0 Å². The maximum atomic E-state index is 11.1. The van der Waals surface area contributed by atoms with Gasteiger partial charge in [-0.2, -0.15) is 0 Å². The van der Waals surface area contributed by atoms with E-state index in [0.717, 1.165) is 0 Å². The number of hydrogen-bond acceptors (Lipinski definition) is 6. The van der Waals surface area contributed by atoms with Crippen LogP contribution in [0.1, 0.15) is 6.92 Å². The molecular formula is C13H14AsN3O7. The number of para-hydroxylation sites is 1. The number of phenols is 1. The van der Waals surface area contributed by atoms with E-state index < -0.39 is 25.0 Å². The molecule has 0 spiro atoms. The van der Waals surface area contributed by atoms with Crippen LogP contribution < -0.4 is 9.67 Å². The van der Waals surface area contributed by atoms with Crippen LogP contribution >= 0.6 is 0 Å². The van der Waals surface area contributed by atoms with Gasteiger partial charge in [-0.25, -0.2) is 0 Å². The van der Waals surface area contributed by atoms with E-state index in [-0.39, 0.29) is 21.5 Å². The van der Waals surface area contributed by atoms with Gasteiger partial charge in [-0.3, -0.25) is 15.1 Å². The summed E-state index contributed by atoms with van der Waals surface area (Å²) in [6.07, 6.45) is 2.70. The second-order valence-corrected chi connectivity index (χ2v) is 7.66. The minimum absolute atomic E-state index is 0.0255. The maximum absolute atomic E-state index is 11.1. The molecule has 0 saturated heterocycles. The minimum atomic E-state index is -5.14. The summed E-state index contributed by atoms with van der Waals surface area (Å²) < 4.78 is 28.8. The van der Waals surface area contributed by atoms with E-state index in [2.05, 4.69) is 10.3 Å². The van der Waals surface area contributed by atoms with E-state index >= 15 is 0 Å². The van der Waals surface area contributed by atoms with Crippen molar-refractivity contribution in [2.24, 2.45) is 0 Å². The van der Waals surface area contributed by atoms with Gasteiger partial charge >= 0.3 is 88.1 Å². The number of nitrogens with one attached hydrogen (secondary N) is 1. The third-order valence-electron chi connectivity index (χ3n) is 2.49. The van der Waals surface area contributed by atoms with E-state index in [1.807, 2.05) is 0 Å². The molecule has 128 valence electrons. The minimum Gasteiger partial charge on any atom is -0.258 e. The number of anilines is 1. The van der Waals surface area contributed by atoms with Crippen molar-refractivity contribution in [1.82, 2.24) is 4.98 Å². The molecule has 4 N–H and O–H groups in total. The van der Waals surface area contributed by atoms with E-state index in [1.54, 1.807) is 0 Å². The number of aromatic nitrogens is 1. The molecule has 0 radical (unpaired) electrons. The number of aromatic hydroxyl groups is 1. The molecule has 0 aliphatic rings. The molecule has 0 bridgehead atoms. The van der Waals surface area contributed by atoms with Crippen molar-refractivity contribution in [2.75, 3.05) is 5.32 Å². The number of amides is 1. The Morgan fingerprint density at radius 3 is 2.38 bits per heavy atom. The van der Waals surface area contributed by atoms with Crippen LogP contribution in [0.25, 0.3) is 0 Å². The van der Waals surface area contributed by atoms with Gasteiger partial charge in [0.25, 0.3) is 5.69 Å². The Labute approximate surface area is 138 Å². The average Bonchev–Trinajstić information content (AvgIpc) is 2.49. The zero-order chi connectivity index (χ0) is 18.3. The molecule has 0 aliphatic heterocycles. The van der Waals surface area contributed by atoms with E-state index in [4.69, 9.17) is 8.19 Å². The summed E-state index contributed by atoms with van der Waals surface area (Å²) in [6, 6.07) is 6.63. The molecule has 1 aromatic carbocycles. The molecule has 0 atom stereocenters. The number of rotatable bonds is 3. The molecule has 0 fully saturated rings. The third kappa shape index (κ3) is 5.84. The first kappa shape index (κ1) is 19.4. The summed E-state index contributed by atoms with van der Waals surface area (Å²) >= 11 is -5.14. The Kier molecular flexibility index (Phi) is 6.66. The monoisotopic (exact) mass is 399 g/mol. The topological polar surface area (TPSA) is 163 Å². The van der Waals surface area contributed by atoms with Crippen molar-refractivity contribution in [3.8, 4) is 5.75 Å². The first-order valence-electron chi connectivity index (χ1n) is 6.33.